The molecule has 0 aliphatic carbocycles. The van der Waals surface area contributed by atoms with Gasteiger partial charge in [-0.3, -0.25) is 14.4 Å². The van der Waals surface area contributed by atoms with Crippen molar-refractivity contribution in [3.05, 3.63) is 94.5 Å². The first-order chi connectivity index (χ1) is 15.9. The molecule has 1 unspecified atom stereocenters. The highest BCUT2D eigenvalue weighted by Gasteiger charge is 2.22. The van der Waals surface area contributed by atoms with Gasteiger partial charge in [0.2, 0.25) is 5.91 Å². The third-order valence-electron chi connectivity index (χ3n) is 4.80. The van der Waals surface area contributed by atoms with Crippen LogP contribution in [-0.2, 0) is 20.9 Å². The van der Waals surface area contributed by atoms with E-state index in [9.17, 15) is 14.4 Å². The predicted octanol–water partition coefficient (Wildman–Crippen LogP) is 3.98. The summed E-state index contributed by atoms with van der Waals surface area (Å²) < 4.78 is 10.4. The van der Waals surface area contributed by atoms with Gasteiger partial charge >= 0.3 is 5.97 Å². The summed E-state index contributed by atoms with van der Waals surface area (Å²) >= 11 is 5.90. The molecule has 0 aromatic heterocycles. The van der Waals surface area contributed by atoms with Crippen LogP contribution in [0.1, 0.15) is 27.9 Å². The molecule has 3 N–H and O–H groups in total. The Morgan fingerprint density at radius 3 is 2.36 bits per heavy atom. The summed E-state index contributed by atoms with van der Waals surface area (Å²) in [6, 6.07) is 19.1. The lowest BCUT2D eigenvalue weighted by Crippen LogP contribution is -2.38. The monoisotopic (exact) mass is 466 g/mol. The number of amides is 1. The molecule has 8 heteroatoms. The van der Waals surface area contributed by atoms with Crippen LogP contribution in [0.25, 0.3) is 0 Å². The van der Waals surface area contributed by atoms with E-state index >= 15 is 0 Å². The molecule has 0 saturated heterocycles. The van der Waals surface area contributed by atoms with Crippen molar-refractivity contribution in [2.45, 2.75) is 19.1 Å². The maximum atomic E-state index is 13.0. The van der Waals surface area contributed by atoms with E-state index in [-0.39, 0.29) is 30.1 Å². The summed E-state index contributed by atoms with van der Waals surface area (Å²) in [4.78, 5) is 37.8. The molecule has 0 aliphatic rings. The van der Waals surface area contributed by atoms with Gasteiger partial charge in [-0.05, 0) is 48.0 Å². The highest BCUT2D eigenvalue weighted by Crippen LogP contribution is 2.25. The second kappa shape index (κ2) is 11.3. The Bertz CT molecular complexity index is 1130. The molecule has 0 radical (unpaired) electrons. The SMILES string of the molecule is COc1ccc(NC(=O)C(N)CC(=O)OCc2ccccc2)c(C(=O)c2ccc(Cl)cc2)c1. The minimum atomic E-state index is -1.16. The average Bonchev–Trinajstić information content (AvgIpc) is 2.83. The lowest BCUT2D eigenvalue weighted by atomic mass is 10.0. The molecule has 7 nitrogen and oxygen atoms in total. The van der Waals surface area contributed by atoms with Crippen molar-refractivity contribution in [1.82, 2.24) is 0 Å². The highest BCUT2D eigenvalue weighted by molar-refractivity contribution is 6.30. The summed E-state index contributed by atoms with van der Waals surface area (Å²) in [6.45, 7) is 0.0895. The van der Waals surface area contributed by atoms with Crippen LogP contribution in [0.15, 0.2) is 72.8 Å². The van der Waals surface area contributed by atoms with Crippen molar-refractivity contribution < 1.29 is 23.9 Å². The van der Waals surface area contributed by atoms with Crippen LogP contribution in [-0.4, -0.2) is 30.8 Å². The number of nitrogens with one attached hydrogen (secondary N) is 1. The Kier molecular flexibility index (Phi) is 8.18. The smallest absolute Gasteiger partial charge is 0.308 e. The van der Waals surface area contributed by atoms with Crippen LogP contribution in [0.4, 0.5) is 5.69 Å². The van der Waals surface area contributed by atoms with Gasteiger partial charge in [0.25, 0.3) is 0 Å². The minimum Gasteiger partial charge on any atom is -0.497 e. The fourth-order valence-electron chi connectivity index (χ4n) is 3.00. The number of nitrogens with two attached hydrogens (primary N) is 1. The molecule has 3 rings (SSSR count). The Balaban J connectivity index is 1.68. The van der Waals surface area contributed by atoms with Gasteiger partial charge in [-0.15, -0.1) is 0 Å². The molecule has 33 heavy (non-hydrogen) atoms. The van der Waals surface area contributed by atoms with Crippen LogP contribution < -0.4 is 15.8 Å². The van der Waals surface area contributed by atoms with Crippen molar-refractivity contribution in [2.75, 3.05) is 12.4 Å². The van der Waals surface area contributed by atoms with Crippen molar-refractivity contribution in [2.24, 2.45) is 5.73 Å². The quantitative estimate of drug-likeness (QED) is 0.365. The zero-order chi connectivity index (χ0) is 23.8. The normalized spacial score (nSPS) is 11.4. The maximum Gasteiger partial charge on any atom is 0.308 e. The number of rotatable bonds is 9. The first kappa shape index (κ1) is 24.0. The largest absolute Gasteiger partial charge is 0.497 e. The third kappa shape index (κ3) is 6.65. The number of halogens is 1. The molecule has 0 spiro atoms. The van der Waals surface area contributed by atoms with Gasteiger partial charge in [0.1, 0.15) is 12.4 Å². The number of carbonyl (C=O) groups excluding carboxylic acids is 3. The molecule has 3 aromatic rings. The Labute approximate surface area is 196 Å². The van der Waals surface area contributed by atoms with Gasteiger partial charge in [-0.25, -0.2) is 0 Å². The molecular weight excluding hydrogens is 444 g/mol. The number of hydrogen-bond acceptors (Lipinski definition) is 6. The number of ketones is 1. The summed E-state index contributed by atoms with van der Waals surface area (Å²) in [5, 5.41) is 3.12. The number of esters is 1. The number of benzene rings is 3. The number of carbonyl (C=O) groups is 3. The number of methoxy groups -OCH3 is 1. The molecule has 0 bridgehead atoms. The molecule has 1 amide bonds. The second-order valence-corrected chi connectivity index (χ2v) is 7.63. The molecule has 3 aromatic carbocycles. The standard InChI is InChI=1S/C25H23ClN2O5/c1-32-19-11-12-22(20(13-19)24(30)17-7-9-18(26)10-8-17)28-25(31)21(27)14-23(29)33-15-16-5-3-2-4-6-16/h2-13,21H,14-15,27H2,1H3,(H,28,31). The third-order valence-corrected chi connectivity index (χ3v) is 5.05. The minimum absolute atomic E-state index is 0.0895. The topological polar surface area (TPSA) is 108 Å². The van der Waals surface area contributed by atoms with E-state index in [4.69, 9.17) is 26.8 Å². The summed E-state index contributed by atoms with van der Waals surface area (Å²) in [7, 11) is 1.47. The Morgan fingerprint density at radius 2 is 1.70 bits per heavy atom. The molecule has 0 heterocycles. The first-order valence-electron chi connectivity index (χ1n) is 10.1. The lowest BCUT2D eigenvalue weighted by molar-refractivity contribution is -0.146. The molecular formula is C25H23ClN2O5. The van der Waals surface area contributed by atoms with Gasteiger partial charge < -0.3 is 20.5 Å². The number of hydrogen-bond donors (Lipinski definition) is 2. The fraction of sp³-hybridized carbons (Fsp3) is 0.160. The van der Waals surface area contributed by atoms with Gasteiger partial charge in [-0.1, -0.05) is 41.9 Å². The van der Waals surface area contributed by atoms with Gasteiger partial charge in [-0.2, -0.15) is 0 Å². The van der Waals surface area contributed by atoms with Crippen LogP contribution in [0.5, 0.6) is 5.75 Å². The second-order valence-electron chi connectivity index (χ2n) is 7.19. The number of ether oxygens (including phenoxy) is 2. The molecule has 0 saturated carbocycles. The fourth-order valence-corrected chi connectivity index (χ4v) is 3.12. The van der Waals surface area contributed by atoms with E-state index in [0.29, 0.717) is 16.3 Å². The summed E-state index contributed by atoms with van der Waals surface area (Å²) in [6.07, 6.45) is -0.310. The van der Waals surface area contributed by atoms with Gasteiger partial charge in [0, 0.05) is 16.1 Å². The molecule has 1 atom stereocenters. The average molecular weight is 467 g/mol. The predicted molar refractivity (Wildman–Crippen MR) is 125 cm³/mol. The van der Waals surface area contributed by atoms with E-state index in [1.807, 2.05) is 30.3 Å². The Morgan fingerprint density at radius 1 is 1.00 bits per heavy atom. The van der Waals surface area contributed by atoms with E-state index in [1.165, 1.54) is 13.2 Å². The number of anilines is 1. The lowest BCUT2D eigenvalue weighted by Gasteiger charge is -2.15. The maximum absolute atomic E-state index is 13.0. The highest BCUT2D eigenvalue weighted by atomic mass is 35.5. The zero-order valence-electron chi connectivity index (χ0n) is 17.9. The van der Waals surface area contributed by atoms with Crippen LogP contribution in [0, 0.1) is 0 Å². The van der Waals surface area contributed by atoms with Crippen molar-refractivity contribution >= 4 is 34.9 Å². The van der Waals surface area contributed by atoms with Crippen molar-refractivity contribution in [3.63, 3.8) is 0 Å². The van der Waals surface area contributed by atoms with Crippen LogP contribution in [0.3, 0.4) is 0 Å². The van der Waals surface area contributed by atoms with Gasteiger partial charge in [0.05, 0.1) is 25.3 Å². The van der Waals surface area contributed by atoms with Crippen LogP contribution >= 0.6 is 11.6 Å². The van der Waals surface area contributed by atoms with E-state index in [1.54, 1.807) is 36.4 Å². The molecule has 170 valence electrons. The molecule has 0 fully saturated rings. The van der Waals surface area contributed by atoms with E-state index < -0.39 is 17.9 Å². The van der Waals surface area contributed by atoms with E-state index in [2.05, 4.69) is 5.32 Å². The molecule has 0 aliphatic heterocycles. The zero-order valence-corrected chi connectivity index (χ0v) is 18.7. The Hall–Kier alpha value is -3.68. The van der Waals surface area contributed by atoms with Crippen LogP contribution in [0.2, 0.25) is 5.02 Å². The van der Waals surface area contributed by atoms with E-state index in [0.717, 1.165) is 5.56 Å². The summed E-state index contributed by atoms with van der Waals surface area (Å²) in [5.41, 5.74) is 7.58. The first-order valence-corrected chi connectivity index (χ1v) is 10.5. The van der Waals surface area contributed by atoms with Crippen molar-refractivity contribution in [1.29, 1.82) is 0 Å². The summed E-state index contributed by atoms with van der Waals surface area (Å²) in [5.74, 6) is -1.12. The van der Waals surface area contributed by atoms with Crippen molar-refractivity contribution in [3.8, 4) is 5.75 Å². The van der Waals surface area contributed by atoms with Gasteiger partial charge in [0.15, 0.2) is 5.78 Å².